The maximum Gasteiger partial charge on any atom is 0.228 e. The third-order valence-corrected chi connectivity index (χ3v) is 7.97. The molecule has 0 aliphatic carbocycles. The van der Waals surface area contributed by atoms with Crippen LogP contribution in [-0.4, -0.2) is 30.6 Å². The number of hydrogen-bond acceptors (Lipinski definition) is 5. The first-order valence-corrected chi connectivity index (χ1v) is 12.2. The molecule has 1 amide bonds. The number of ether oxygens (including phenoxy) is 2. The number of anilines is 1. The van der Waals surface area contributed by atoms with Crippen molar-refractivity contribution < 1.29 is 14.3 Å². The van der Waals surface area contributed by atoms with Crippen molar-refractivity contribution in [1.82, 2.24) is 0 Å². The van der Waals surface area contributed by atoms with Crippen LogP contribution in [-0.2, 0) is 11.2 Å². The van der Waals surface area contributed by atoms with Gasteiger partial charge in [-0.1, -0.05) is 28.1 Å². The highest BCUT2D eigenvalue weighted by molar-refractivity contribution is 9.10. The quantitative estimate of drug-likeness (QED) is 0.507. The zero-order valence-electron chi connectivity index (χ0n) is 16.0. The van der Waals surface area contributed by atoms with Gasteiger partial charge in [-0.3, -0.25) is 4.79 Å². The predicted molar refractivity (Wildman–Crippen MR) is 123 cm³/mol. The summed E-state index contributed by atoms with van der Waals surface area (Å²) in [6.07, 6.45) is 0.254. The number of rotatable bonds is 8. The lowest BCUT2D eigenvalue weighted by molar-refractivity contribution is -0.115. The summed E-state index contributed by atoms with van der Waals surface area (Å²) >= 11 is 7.47. The van der Waals surface area contributed by atoms with Crippen molar-refractivity contribution in [2.45, 2.75) is 24.9 Å². The number of benzene rings is 2. The van der Waals surface area contributed by atoms with Gasteiger partial charge in [-0.15, -0.1) is 23.5 Å². The molecule has 1 aliphatic heterocycles. The lowest BCUT2D eigenvalue weighted by atomic mass is 10.1. The number of carbonyl (C=O) groups excluding carboxylic acids is 1. The van der Waals surface area contributed by atoms with Crippen LogP contribution in [0.2, 0.25) is 0 Å². The average molecular weight is 482 g/mol. The standard InChI is InChI=1S/C21H24BrNO3S2/c1-3-25-18-11-15(17(22)13-19(18)26-4-2)12-20(24)23-16-7-5-6-14(10-16)21-27-8-9-28-21/h5-7,10-11,13,21H,3-4,8-9,12H2,1-2H3,(H,23,24). The molecule has 1 saturated heterocycles. The third-order valence-electron chi connectivity index (χ3n) is 4.13. The van der Waals surface area contributed by atoms with Crippen LogP contribution < -0.4 is 14.8 Å². The van der Waals surface area contributed by atoms with E-state index in [4.69, 9.17) is 9.47 Å². The molecule has 0 radical (unpaired) electrons. The topological polar surface area (TPSA) is 47.6 Å². The summed E-state index contributed by atoms with van der Waals surface area (Å²) in [7, 11) is 0. The van der Waals surface area contributed by atoms with Crippen LogP contribution in [0.25, 0.3) is 0 Å². The third kappa shape index (κ3) is 5.61. The molecule has 2 aromatic rings. The van der Waals surface area contributed by atoms with Crippen molar-refractivity contribution in [2.75, 3.05) is 30.0 Å². The number of thioether (sulfide) groups is 2. The first-order chi connectivity index (χ1) is 13.6. The summed E-state index contributed by atoms with van der Waals surface area (Å²) in [6, 6.07) is 11.9. The van der Waals surface area contributed by atoms with Crippen LogP contribution in [0, 0.1) is 0 Å². The Kier molecular flexibility index (Phi) is 8.00. The average Bonchev–Trinajstić information content (AvgIpc) is 3.21. The number of amides is 1. The van der Waals surface area contributed by atoms with Crippen molar-refractivity contribution in [3.05, 3.63) is 52.0 Å². The Labute approximate surface area is 183 Å². The molecule has 150 valence electrons. The van der Waals surface area contributed by atoms with Crippen LogP contribution in [0.1, 0.15) is 29.6 Å². The Hall–Kier alpha value is -1.31. The van der Waals surface area contributed by atoms with Crippen LogP contribution in [0.5, 0.6) is 11.5 Å². The summed E-state index contributed by atoms with van der Waals surface area (Å²) in [5, 5.41) is 3.02. The molecule has 3 rings (SSSR count). The lowest BCUT2D eigenvalue weighted by Crippen LogP contribution is -2.15. The van der Waals surface area contributed by atoms with Crippen molar-refractivity contribution >= 4 is 51.0 Å². The van der Waals surface area contributed by atoms with E-state index in [1.54, 1.807) is 0 Å². The van der Waals surface area contributed by atoms with Crippen LogP contribution in [0.15, 0.2) is 40.9 Å². The monoisotopic (exact) mass is 481 g/mol. The summed E-state index contributed by atoms with van der Waals surface area (Å²) in [5.41, 5.74) is 2.95. The maximum absolute atomic E-state index is 12.6. The van der Waals surface area contributed by atoms with Crippen molar-refractivity contribution in [3.8, 4) is 11.5 Å². The molecule has 7 heteroatoms. The van der Waals surface area contributed by atoms with Gasteiger partial charge in [0, 0.05) is 21.7 Å². The molecule has 4 nitrogen and oxygen atoms in total. The molecule has 0 spiro atoms. The summed E-state index contributed by atoms with van der Waals surface area (Å²) in [4.78, 5) is 12.6. The SMILES string of the molecule is CCOc1cc(Br)c(CC(=O)Nc2cccc(C3SCCS3)c2)cc1OCC. The highest BCUT2D eigenvalue weighted by atomic mass is 79.9. The van der Waals surface area contributed by atoms with E-state index in [0.717, 1.165) is 15.7 Å². The molecule has 0 aromatic heterocycles. The van der Waals surface area contributed by atoms with E-state index < -0.39 is 0 Å². The van der Waals surface area contributed by atoms with E-state index in [1.165, 1.54) is 17.1 Å². The minimum Gasteiger partial charge on any atom is -0.490 e. The fraction of sp³-hybridized carbons (Fsp3) is 0.381. The molecule has 0 unspecified atom stereocenters. The Morgan fingerprint density at radius 3 is 2.46 bits per heavy atom. The number of nitrogens with one attached hydrogen (secondary N) is 1. The zero-order valence-corrected chi connectivity index (χ0v) is 19.2. The highest BCUT2D eigenvalue weighted by Gasteiger charge is 2.19. The van der Waals surface area contributed by atoms with Gasteiger partial charge in [0.15, 0.2) is 11.5 Å². The number of carbonyl (C=O) groups is 1. The minimum atomic E-state index is -0.0591. The summed E-state index contributed by atoms with van der Waals surface area (Å²) < 4.78 is 12.6. The fourth-order valence-corrected chi connectivity index (χ4v) is 6.24. The normalized spacial score (nSPS) is 14.1. The van der Waals surface area contributed by atoms with Gasteiger partial charge in [0.1, 0.15) is 0 Å². The van der Waals surface area contributed by atoms with E-state index in [9.17, 15) is 4.79 Å². The molecule has 1 fully saturated rings. The van der Waals surface area contributed by atoms with E-state index in [2.05, 4.69) is 33.4 Å². The Morgan fingerprint density at radius 2 is 1.79 bits per heavy atom. The Morgan fingerprint density at radius 1 is 1.11 bits per heavy atom. The predicted octanol–water partition coefficient (Wildman–Crippen LogP) is 5.91. The van der Waals surface area contributed by atoms with Gasteiger partial charge >= 0.3 is 0 Å². The number of halogens is 1. The van der Waals surface area contributed by atoms with Gasteiger partial charge in [-0.25, -0.2) is 0 Å². The smallest absolute Gasteiger partial charge is 0.228 e. The van der Waals surface area contributed by atoms with Gasteiger partial charge < -0.3 is 14.8 Å². The maximum atomic E-state index is 12.6. The second-order valence-electron chi connectivity index (χ2n) is 6.18. The fourth-order valence-electron chi connectivity index (χ4n) is 2.94. The van der Waals surface area contributed by atoms with Crippen molar-refractivity contribution in [3.63, 3.8) is 0 Å². The molecule has 1 aliphatic rings. The van der Waals surface area contributed by atoms with Gasteiger partial charge in [0.05, 0.1) is 24.2 Å². The Bertz CT molecular complexity index is 825. The van der Waals surface area contributed by atoms with E-state index in [-0.39, 0.29) is 12.3 Å². The first kappa shape index (κ1) is 21.4. The second-order valence-corrected chi connectivity index (χ2v) is 9.76. The van der Waals surface area contributed by atoms with E-state index >= 15 is 0 Å². The minimum absolute atomic E-state index is 0.0591. The number of hydrogen-bond donors (Lipinski definition) is 1. The van der Waals surface area contributed by atoms with Gasteiger partial charge in [0.25, 0.3) is 0 Å². The highest BCUT2D eigenvalue weighted by Crippen LogP contribution is 2.45. The molecule has 0 atom stereocenters. The summed E-state index contributed by atoms with van der Waals surface area (Å²) in [6.45, 7) is 4.96. The lowest BCUT2D eigenvalue weighted by Gasteiger charge is -2.15. The van der Waals surface area contributed by atoms with Gasteiger partial charge in [-0.2, -0.15) is 0 Å². The molecule has 1 N–H and O–H groups in total. The first-order valence-electron chi connectivity index (χ1n) is 9.31. The largest absolute Gasteiger partial charge is 0.490 e. The van der Waals surface area contributed by atoms with E-state index in [0.29, 0.717) is 29.3 Å². The van der Waals surface area contributed by atoms with Crippen molar-refractivity contribution in [1.29, 1.82) is 0 Å². The molecular weight excluding hydrogens is 458 g/mol. The second kappa shape index (κ2) is 10.5. The molecule has 1 heterocycles. The molecule has 28 heavy (non-hydrogen) atoms. The van der Waals surface area contributed by atoms with Crippen LogP contribution in [0.4, 0.5) is 5.69 Å². The Balaban J connectivity index is 1.70. The van der Waals surface area contributed by atoms with E-state index in [1.807, 2.05) is 61.6 Å². The van der Waals surface area contributed by atoms with Crippen LogP contribution in [0.3, 0.4) is 0 Å². The molecule has 2 aromatic carbocycles. The molecule has 0 bridgehead atoms. The molecular formula is C21H24BrNO3S2. The summed E-state index contributed by atoms with van der Waals surface area (Å²) in [5.74, 6) is 3.64. The van der Waals surface area contributed by atoms with Crippen LogP contribution >= 0.6 is 39.5 Å². The zero-order chi connectivity index (χ0) is 19.9. The van der Waals surface area contributed by atoms with Crippen molar-refractivity contribution in [2.24, 2.45) is 0 Å². The van der Waals surface area contributed by atoms with Gasteiger partial charge in [0.2, 0.25) is 5.91 Å². The molecule has 0 saturated carbocycles. The van der Waals surface area contributed by atoms with Gasteiger partial charge in [-0.05, 0) is 49.2 Å².